The number of rotatable bonds is 4. The lowest BCUT2D eigenvalue weighted by atomic mass is 10.1. The van der Waals surface area contributed by atoms with Gasteiger partial charge in [-0.15, -0.1) is 0 Å². The van der Waals surface area contributed by atoms with Crippen molar-refractivity contribution in [3.05, 3.63) is 77.9 Å². The second-order valence-corrected chi connectivity index (χ2v) is 7.56. The maximum atomic E-state index is 12.4. The van der Waals surface area contributed by atoms with Gasteiger partial charge in [0.1, 0.15) is 0 Å². The predicted octanol–water partition coefficient (Wildman–Crippen LogP) is 2.69. The largest absolute Gasteiger partial charge is 0.331 e. The first-order valence-electron chi connectivity index (χ1n) is 7.29. The fourth-order valence-corrected chi connectivity index (χ4v) is 4.11. The Morgan fingerprint density at radius 3 is 2.48 bits per heavy atom. The summed E-state index contributed by atoms with van der Waals surface area (Å²) in [5.74, 6) is -0.153. The van der Waals surface area contributed by atoms with E-state index >= 15 is 0 Å². The molecule has 5 heteroatoms. The number of sulfone groups is 1. The standard InChI is InChI=1S/C18H17NO3S/c1-2-18(20)19-11-15-9-8-14(10-16(15)12-19)13-23(21,22)17-6-4-3-5-7-17/h2-10H,1,11-13H2. The highest BCUT2D eigenvalue weighted by Crippen LogP contribution is 2.25. The second kappa shape index (κ2) is 6.01. The highest BCUT2D eigenvalue weighted by Gasteiger charge is 2.23. The molecule has 2 aromatic carbocycles. The van der Waals surface area contributed by atoms with Crippen molar-refractivity contribution in [1.29, 1.82) is 0 Å². The van der Waals surface area contributed by atoms with Crippen LogP contribution >= 0.6 is 0 Å². The minimum Gasteiger partial charge on any atom is -0.331 e. The molecule has 0 saturated carbocycles. The van der Waals surface area contributed by atoms with E-state index in [0.717, 1.165) is 16.7 Å². The maximum absolute atomic E-state index is 12.4. The van der Waals surface area contributed by atoms with Gasteiger partial charge in [-0.25, -0.2) is 8.42 Å². The van der Waals surface area contributed by atoms with E-state index in [1.807, 2.05) is 18.2 Å². The molecule has 1 amide bonds. The number of carbonyl (C=O) groups excluding carboxylic acids is 1. The third-order valence-corrected chi connectivity index (χ3v) is 5.64. The molecule has 0 unspecified atom stereocenters. The first-order valence-corrected chi connectivity index (χ1v) is 8.94. The Hall–Kier alpha value is -2.40. The van der Waals surface area contributed by atoms with Crippen LogP contribution in [0.3, 0.4) is 0 Å². The molecule has 3 rings (SSSR count). The smallest absolute Gasteiger partial charge is 0.246 e. The highest BCUT2D eigenvalue weighted by molar-refractivity contribution is 7.90. The van der Waals surface area contributed by atoms with Crippen LogP contribution in [0.1, 0.15) is 16.7 Å². The van der Waals surface area contributed by atoms with Gasteiger partial charge in [-0.2, -0.15) is 0 Å². The van der Waals surface area contributed by atoms with Crippen molar-refractivity contribution < 1.29 is 13.2 Å². The maximum Gasteiger partial charge on any atom is 0.246 e. The van der Waals surface area contributed by atoms with E-state index in [1.54, 1.807) is 35.2 Å². The molecule has 0 atom stereocenters. The zero-order valence-corrected chi connectivity index (χ0v) is 13.4. The molecule has 2 aromatic rings. The summed E-state index contributed by atoms with van der Waals surface area (Å²) in [6.45, 7) is 4.54. The van der Waals surface area contributed by atoms with Gasteiger partial charge in [0.2, 0.25) is 5.91 Å². The predicted molar refractivity (Wildman–Crippen MR) is 88.2 cm³/mol. The summed E-state index contributed by atoms with van der Waals surface area (Å²) in [4.78, 5) is 13.7. The van der Waals surface area contributed by atoms with Crippen LogP contribution in [0.4, 0.5) is 0 Å². The number of hydrogen-bond donors (Lipinski definition) is 0. The van der Waals surface area contributed by atoms with Gasteiger partial charge in [-0.1, -0.05) is 43.0 Å². The SMILES string of the molecule is C=CC(=O)N1Cc2ccc(CS(=O)(=O)c3ccccc3)cc2C1. The van der Waals surface area contributed by atoms with Crippen molar-refractivity contribution in [3.8, 4) is 0 Å². The molecular formula is C18H17NO3S. The normalized spacial score (nSPS) is 13.7. The third-order valence-electron chi connectivity index (χ3n) is 3.94. The van der Waals surface area contributed by atoms with Crippen LogP contribution in [0.2, 0.25) is 0 Å². The molecule has 0 bridgehead atoms. The Kier molecular flexibility index (Phi) is 4.05. The molecule has 1 aliphatic heterocycles. The van der Waals surface area contributed by atoms with Crippen molar-refractivity contribution in [2.75, 3.05) is 0 Å². The van der Waals surface area contributed by atoms with Crippen LogP contribution in [0.25, 0.3) is 0 Å². The van der Waals surface area contributed by atoms with Gasteiger partial charge in [0.15, 0.2) is 9.84 Å². The highest BCUT2D eigenvalue weighted by atomic mass is 32.2. The van der Waals surface area contributed by atoms with Crippen molar-refractivity contribution in [2.45, 2.75) is 23.7 Å². The summed E-state index contributed by atoms with van der Waals surface area (Å²) in [5, 5.41) is 0. The molecule has 0 fully saturated rings. The lowest BCUT2D eigenvalue weighted by Gasteiger charge is -2.11. The molecule has 23 heavy (non-hydrogen) atoms. The molecule has 0 aromatic heterocycles. The summed E-state index contributed by atoms with van der Waals surface area (Å²) < 4.78 is 24.9. The van der Waals surface area contributed by atoms with Gasteiger partial charge in [0.05, 0.1) is 10.6 Å². The van der Waals surface area contributed by atoms with Crippen molar-refractivity contribution in [2.24, 2.45) is 0 Å². The van der Waals surface area contributed by atoms with Crippen LogP contribution < -0.4 is 0 Å². The Morgan fingerprint density at radius 1 is 1.09 bits per heavy atom. The molecule has 0 spiro atoms. The van der Waals surface area contributed by atoms with Crippen LogP contribution in [0.5, 0.6) is 0 Å². The minimum absolute atomic E-state index is 0.0420. The lowest BCUT2D eigenvalue weighted by molar-refractivity contribution is -0.126. The molecule has 0 N–H and O–H groups in total. The molecule has 1 heterocycles. The van der Waals surface area contributed by atoms with E-state index < -0.39 is 9.84 Å². The molecule has 0 saturated heterocycles. The lowest BCUT2D eigenvalue weighted by Crippen LogP contribution is -2.22. The monoisotopic (exact) mass is 327 g/mol. The fraction of sp³-hybridized carbons (Fsp3) is 0.167. The summed E-state index contributed by atoms with van der Waals surface area (Å²) in [6, 6.07) is 14.0. The van der Waals surface area contributed by atoms with Gasteiger partial charge < -0.3 is 4.90 Å². The topological polar surface area (TPSA) is 54.5 Å². The average molecular weight is 327 g/mol. The van der Waals surface area contributed by atoms with E-state index in [2.05, 4.69) is 6.58 Å². The summed E-state index contributed by atoms with van der Waals surface area (Å²) in [7, 11) is -3.36. The first-order chi connectivity index (χ1) is 11.0. The Bertz CT molecular complexity index is 857. The van der Waals surface area contributed by atoms with Gasteiger partial charge in [-0.3, -0.25) is 4.79 Å². The molecule has 4 nitrogen and oxygen atoms in total. The Morgan fingerprint density at radius 2 is 1.78 bits per heavy atom. The third kappa shape index (κ3) is 3.19. The van der Waals surface area contributed by atoms with Crippen LogP contribution in [-0.2, 0) is 33.5 Å². The van der Waals surface area contributed by atoms with Crippen molar-refractivity contribution in [1.82, 2.24) is 4.90 Å². The van der Waals surface area contributed by atoms with Crippen LogP contribution in [0.15, 0.2) is 66.1 Å². The molecular weight excluding hydrogens is 310 g/mol. The first kappa shape index (κ1) is 15.5. The number of nitrogens with zero attached hydrogens (tertiary/aromatic N) is 1. The van der Waals surface area contributed by atoms with Gasteiger partial charge in [0, 0.05) is 13.1 Å². The molecule has 0 radical (unpaired) electrons. The van der Waals surface area contributed by atoms with Crippen LogP contribution in [0, 0.1) is 0 Å². The second-order valence-electron chi connectivity index (χ2n) is 5.57. The van der Waals surface area contributed by atoms with Gasteiger partial charge in [0.25, 0.3) is 0 Å². The Labute approximate surface area is 136 Å². The van der Waals surface area contributed by atoms with Crippen molar-refractivity contribution >= 4 is 15.7 Å². The van der Waals surface area contributed by atoms with Gasteiger partial charge in [-0.05, 0) is 34.9 Å². The zero-order chi connectivity index (χ0) is 16.4. The molecule has 1 aliphatic rings. The number of amides is 1. The molecule has 0 aliphatic carbocycles. The van der Waals surface area contributed by atoms with Gasteiger partial charge >= 0.3 is 0 Å². The quantitative estimate of drug-likeness (QED) is 0.811. The summed E-state index contributed by atoms with van der Waals surface area (Å²) in [6.07, 6.45) is 1.30. The Balaban J connectivity index is 1.82. The number of benzene rings is 2. The average Bonchev–Trinajstić information content (AvgIpc) is 2.98. The minimum atomic E-state index is -3.36. The van der Waals surface area contributed by atoms with E-state index in [0.29, 0.717) is 18.0 Å². The van der Waals surface area contributed by atoms with E-state index in [-0.39, 0.29) is 11.7 Å². The fourth-order valence-electron chi connectivity index (χ4n) is 2.75. The summed E-state index contributed by atoms with van der Waals surface area (Å²) in [5.41, 5.74) is 2.79. The zero-order valence-electron chi connectivity index (χ0n) is 12.6. The van der Waals surface area contributed by atoms with Crippen molar-refractivity contribution in [3.63, 3.8) is 0 Å². The van der Waals surface area contributed by atoms with E-state index in [9.17, 15) is 13.2 Å². The molecule has 118 valence electrons. The van der Waals surface area contributed by atoms with E-state index in [1.165, 1.54) is 6.08 Å². The number of carbonyl (C=O) groups is 1. The van der Waals surface area contributed by atoms with E-state index in [4.69, 9.17) is 0 Å². The van der Waals surface area contributed by atoms with Crippen LogP contribution in [-0.4, -0.2) is 19.2 Å². The summed E-state index contributed by atoms with van der Waals surface area (Å²) >= 11 is 0. The number of fused-ring (bicyclic) bond motifs is 1. The number of hydrogen-bond acceptors (Lipinski definition) is 3.